The zero-order valence-corrected chi connectivity index (χ0v) is 6.85. The molecule has 0 spiro atoms. The summed E-state index contributed by atoms with van der Waals surface area (Å²) in [7, 11) is 0. The second kappa shape index (κ2) is 2.60. The Kier molecular flexibility index (Phi) is 1.97. The normalized spacial score (nSPS) is 33.0. The summed E-state index contributed by atoms with van der Waals surface area (Å²) < 4.78 is 0. The van der Waals surface area contributed by atoms with Crippen molar-refractivity contribution in [1.29, 1.82) is 0 Å². The van der Waals surface area contributed by atoms with Crippen LogP contribution in [-0.2, 0) is 4.79 Å². The average Bonchev–Trinajstić information content (AvgIpc) is 2.14. The lowest BCUT2D eigenvalue weighted by Gasteiger charge is -2.15. The van der Waals surface area contributed by atoms with Crippen LogP contribution in [0.15, 0.2) is 0 Å². The number of hydrogen-bond acceptors (Lipinski definition) is 1. The fourth-order valence-corrected chi connectivity index (χ4v) is 1.56. The molecule has 2 heteroatoms. The molecule has 0 radical (unpaired) electrons. The minimum Gasteiger partial charge on any atom is -0.356 e. The van der Waals surface area contributed by atoms with Crippen LogP contribution in [0.25, 0.3) is 0 Å². The van der Waals surface area contributed by atoms with Gasteiger partial charge in [-0.3, -0.25) is 4.79 Å². The molecule has 1 aliphatic heterocycles. The SMILES string of the molecule is CC(C)[C@H]1CNC(=O)[C@H]1C. The Morgan fingerprint density at radius 1 is 1.60 bits per heavy atom. The molecule has 1 saturated heterocycles. The van der Waals surface area contributed by atoms with Gasteiger partial charge in [-0.1, -0.05) is 20.8 Å². The molecular formula is C8H15NO. The molecule has 2 atom stereocenters. The van der Waals surface area contributed by atoms with Crippen LogP contribution in [0.2, 0.25) is 0 Å². The topological polar surface area (TPSA) is 29.1 Å². The summed E-state index contributed by atoms with van der Waals surface area (Å²) in [5, 5.41) is 2.86. The fraction of sp³-hybridized carbons (Fsp3) is 0.875. The molecule has 0 aromatic rings. The third-order valence-corrected chi connectivity index (χ3v) is 2.42. The Morgan fingerprint density at radius 2 is 2.20 bits per heavy atom. The molecule has 1 fully saturated rings. The van der Waals surface area contributed by atoms with Crippen LogP contribution in [0.3, 0.4) is 0 Å². The smallest absolute Gasteiger partial charge is 0.223 e. The van der Waals surface area contributed by atoms with E-state index in [4.69, 9.17) is 0 Å². The van der Waals surface area contributed by atoms with Crippen molar-refractivity contribution in [2.24, 2.45) is 17.8 Å². The molecular weight excluding hydrogens is 126 g/mol. The molecule has 1 amide bonds. The number of carbonyl (C=O) groups is 1. The van der Waals surface area contributed by atoms with Gasteiger partial charge < -0.3 is 5.32 Å². The average molecular weight is 141 g/mol. The summed E-state index contributed by atoms with van der Waals surface area (Å²) in [6.07, 6.45) is 0. The van der Waals surface area contributed by atoms with E-state index in [1.807, 2.05) is 6.92 Å². The summed E-state index contributed by atoms with van der Waals surface area (Å²) in [6.45, 7) is 7.22. The van der Waals surface area contributed by atoms with E-state index in [9.17, 15) is 4.79 Å². The van der Waals surface area contributed by atoms with Gasteiger partial charge in [0.05, 0.1) is 0 Å². The zero-order valence-electron chi connectivity index (χ0n) is 6.85. The first kappa shape index (κ1) is 7.58. The highest BCUT2D eigenvalue weighted by Crippen LogP contribution is 2.24. The van der Waals surface area contributed by atoms with E-state index in [1.165, 1.54) is 0 Å². The monoisotopic (exact) mass is 141 g/mol. The van der Waals surface area contributed by atoms with Crippen molar-refractivity contribution >= 4 is 5.91 Å². The fourth-order valence-electron chi connectivity index (χ4n) is 1.56. The van der Waals surface area contributed by atoms with Crippen LogP contribution in [0.1, 0.15) is 20.8 Å². The standard InChI is InChI=1S/C8H15NO/c1-5(2)7-4-9-8(10)6(7)3/h5-7H,4H2,1-3H3,(H,9,10)/t6-,7+/m0/s1. The van der Waals surface area contributed by atoms with Crippen molar-refractivity contribution in [3.63, 3.8) is 0 Å². The van der Waals surface area contributed by atoms with E-state index in [2.05, 4.69) is 19.2 Å². The van der Waals surface area contributed by atoms with Gasteiger partial charge in [0.15, 0.2) is 0 Å². The summed E-state index contributed by atoms with van der Waals surface area (Å²) in [5.74, 6) is 1.61. The van der Waals surface area contributed by atoms with Gasteiger partial charge in [0, 0.05) is 12.5 Å². The minimum atomic E-state index is 0.221. The molecule has 0 aromatic heterocycles. The van der Waals surface area contributed by atoms with E-state index in [0.717, 1.165) is 6.54 Å². The summed E-state index contributed by atoms with van der Waals surface area (Å²) >= 11 is 0. The van der Waals surface area contributed by atoms with E-state index >= 15 is 0 Å². The third kappa shape index (κ3) is 1.15. The summed E-state index contributed by atoms with van der Waals surface area (Å²) in [4.78, 5) is 11.0. The lowest BCUT2D eigenvalue weighted by atomic mass is 9.87. The van der Waals surface area contributed by atoms with Gasteiger partial charge in [0.2, 0.25) is 5.91 Å². The van der Waals surface area contributed by atoms with Crippen LogP contribution in [0.4, 0.5) is 0 Å². The predicted octanol–water partition coefficient (Wildman–Crippen LogP) is 1.02. The number of carbonyl (C=O) groups excluding carboxylic acids is 1. The molecule has 1 heterocycles. The Morgan fingerprint density at radius 3 is 2.40 bits per heavy atom. The predicted molar refractivity (Wildman–Crippen MR) is 40.5 cm³/mol. The Hall–Kier alpha value is -0.530. The molecule has 10 heavy (non-hydrogen) atoms. The van der Waals surface area contributed by atoms with Crippen molar-refractivity contribution in [3.05, 3.63) is 0 Å². The quantitative estimate of drug-likeness (QED) is 0.580. The first-order valence-corrected chi connectivity index (χ1v) is 3.90. The van der Waals surface area contributed by atoms with Crippen LogP contribution in [-0.4, -0.2) is 12.5 Å². The molecule has 0 saturated carbocycles. The molecule has 0 bridgehead atoms. The lowest BCUT2D eigenvalue weighted by Crippen LogP contribution is -2.17. The second-order valence-corrected chi connectivity index (χ2v) is 3.44. The highest BCUT2D eigenvalue weighted by atomic mass is 16.2. The maximum absolute atomic E-state index is 11.0. The van der Waals surface area contributed by atoms with Crippen LogP contribution in [0, 0.1) is 17.8 Å². The first-order valence-electron chi connectivity index (χ1n) is 3.90. The van der Waals surface area contributed by atoms with Crippen molar-refractivity contribution < 1.29 is 4.79 Å². The Balaban J connectivity index is 2.57. The van der Waals surface area contributed by atoms with Crippen molar-refractivity contribution in [2.75, 3.05) is 6.54 Å². The number of hydrogen-bond donors (Lipinski definition) is 1. The van der Waals surface area contributed by atoms with Gasteiger partial charge in [-0.2, -0.15) is 0 Å². The summed E-state index contributed by atoms with van der Waals surface area (Å²) in [6, 6.07) is 0. The number of rotatable bonds is 1. The highest BCUT2D eigenvalue weighted by Gasteiger charge is 2.32. The minimum absolute atomic E-state index is 0.221. The zero-order chi connectivity index (χ0) is 7.72. The first-order chi connectivity index (χ1) is 4.63. The highest BCUT2D eigenvalue weighted by molar-refractivity contribution is 5.80. The molecule has 1 rings (SSSR count). The molecule has 2 nitrogen and oxygen atoms in total. The van der Waals surface area contributed by atoms with Gasteiger partial charge in [-0.15, -0.1) is 0 Å². The van der Waals surface area contributed by atoms with Crippen molar-refractivity contribution in [2.45, 2.75) is 20.8 Å². The molecule has 58 valence electrons. The maximum atomic E-state index is 11.0. The largest absolute Gasteiger partial charge is 0.356 e. The van der Waals surface area contributed by atoms with E-state index < -0.39 is 0 Å². The van der Waals surface area contributed by atoms with Crippen LogP contribution >= 0.6 is 0 Å². The van der Waals surface area contributed by atoms with E-state index in [-0.39, 0.29) is 11.8 Å². The summed E-state index contributed by atoms with van der Waals surface area (Å²) in [5.41, 5.74) is 0. The second-order valence-electron chi connectivity index (χ2n) is 3.44. The third-order valence-electron chi connectivity index (χ3n) is 2.42. The Bertz CT molecular complexity index is 142. The van der Waals surface area contributed by atoms with E-state index in [0.29, 0.717) is 11.8 Å². The molecule has 0 aliphatic carbocycles. The van der Waals surface area contributed by atoms with E-state index in [1.54, 1.807) is 0 Å². The van der Waals surface area contributed by atoms with Gasteiger partial charge >= 0.3 is 0 Å². The maximum Gasteiger partial charge on any atom is 0.223 e. The Labute approximate surface area is 62.0 Å². The van der Waals surface area contributed by atoms with Crippen molar-refractivity contribution in [1.82, 2.24) is 5.32 Å². The molecule has 0 unspecified atom stereocenters. The van der Waals surface area contributed by atoms with Gasteiger partial charge in [0.25, 0.3) is 0 Å². The van der Waals surface area contributed by atoms with Gasteiger partial charge in [-0.05, 0) is 11.8 Å². The molecule has 0 aromatic carbocycles. The number of amides is 1. The lowest BCUT2D eigenvalue weighted by molar-refractivity contribution is -0.122. The van der Waals surface area contributed by atoms with Gasteiger partial charge in [-0.25, -0.2) is 0 Å². The van der Waals surface area contributed by atoms with Gasteiger partial charge in [0.1, 0.15) is 0 Å². The van der Waals surface area contributed by atoms with Crippen molar-refractivity contribution in [3.8, 4) is 0 Å². The molecule has 1 aliphatic rings. The van der Waals surface area contributed by atoms with Crippen LogP contribution < -0.4 is 5.32 Å². The van der Waals surface area contributed by atoms with Crippen LogP contribution in [0.5, 0.6) is 0 Å². The molecule has 1 N–H and O–H groups in total. The number of nitrogens with one attached hydrogen (secondary N) is 1.